The zero-order chi connectivity index (χ0) is 14.1. The van der Waals surface area contributed by atoms with Crippen molar-refractivity contribution in [3.63, 3.8) is 0 Å². The fourth-order valence-electron chi connectivity index (χ4n) is 2.47. The number of rotatable bonds is 4. The third-order valence-corrected chi connectivity index (χ3v) is 5.36. The molecule has 1 aliphatic carbocycles. The molecule has 5 nitrogen and oxygen atoms in total. The SMILES string of the molecule is CC1(C)CCC(NS(=O)(=O)c2c[nH]c(CO)c2)CC1. The molecule has 3 N–H and O–H groups in total. The van der Waals surface area contributed by atoms with Gasteiger partial charge in [0.15, 0.2) is 0 Å². The molecule has 0 radical (unpaired) electrons. The van der Waals surface area contributed by atoms with Gasteiger partial charge >= 0.3 is 0 Å². The second-order valence-corrected chi connectivity index (χ2v) is 7.79. The van der Waals surface area contributed by atoms with Crippen LogP contribution in [0.4, 0.5) is 0 Å². The van der Waals surface area contributed by atoms with Crippen molar-refractivity contribution in [3.8, 4) is 0 Å². The molecular weight excluding hydrogens is 264 g/mol. The fraction of sp³-hybridized carbons (Fsp3) is 0.692. The summed E-state index contributed by atoms with van der Waals surface area (Å²) in [5.41, 5.74) is 0.824. The van der Waals surface area contributed by atoms with Gasteiger partial charge in [-0.25, -0.2) is 13.1 Å². The van der Waals surface area contributed by atoms with E-state index >= 15 is 0 Å². The second kappa shape index (κ2) is 5.26. The maximum atomic E-state index is 12.2. The minimum Gasteiger partial charge on any atom is -0.390 e. The van der Waals surface area contributed by atoms with Crippen LogP contribution in [0.1, 0.15) is 45.2 Å². The first kappa shape index (κ1) is 14.6. The van der Waals surface area contributed by atoms with Gasteiger partial charge in [0.2, 0.25) is 10.0 Å². The molecule has 6 heteroatoms. The summed E-state index contributed by atoms with van der Waals surface area (Å²) < 4.78 is 27.1. The summed E-state index contributed by atoms with van der Waals surface area (Å²) in [6.07, 6.45) is 5.25. The van der Waals surface area contributed by atoms with Crippen LogP contribution in [0.2, 0.25) is 0 Å². The number of sulfonamides is 1. The number of aliphatic hydroxyl groups excluding tert-OH is 1. The molecule has 1 aromatic rings. The van der Waals surface area contributed by atoms with Crippen LogP contribution < -0.4 is 4.72 Å². The molecule has 0 aromatic carbocycles. The van der Waals surface area contributed by atoms with Crippen molar-refractivity contribution < 1.29 is 13.5 Å². The minimum atomic E-state index is -3.48. The molecule has 0 atom stereocenters. The Hall–Kier alpha value is -0.850. The summed E-state index contributed by atoms with van der Waals surface area (Å²) in [7, 11) is -3.48. The van der Waals surface area contributed by atoms with Gasteiger partial charge in [-0.1, -0.05) is 13.8 Å². The number of aromatic nitrogens is 1. The second-order valence-electron chi connectivity index (χ2n) is 6.08. The predicted octanol–water partition coefficient (Wildman–Crippen LogP) is 1.75. The van der Waals surface area contributed by atoms with Crippen LogP contribution in [-0.2, 0) is 16.6 Å². The lowest BCUT2D eigenvalue weighted by atomic mass is 9.76. The molecule has 1 saturated carbocycles. The molecule has 1 aromatic heterocycles. The summed E-state index contributed by atoms with van der Waals surface area (Å²) in [6, 6.07) is 1.49. The molecule has 2 rings (SSSR count). The lowest BCUT2D eigenvalue weighted by Crippen LogP contribution is -2.39. The van der Waals surface area contributed by atoms with Gasteiger partial charge in [-0.3, -0.25) is 0 Å². The van der Waals surface area contributed by atoms with E-state index in [2.05, 4.69) is 23.6 Å². The molecule has 1 heterocycles. The van der Waals surface area contributed by atoms with Crippen molar-refractivity contribution >= 4 is 10.0 Å². The van der Waals surface area contributed by atoms with E-state index in [9.17, 15) is 8.42 Å². The monoisotopic (exact) mass is 286 g/mol. The molecule has 0 bridgehead atoms. The van der Waals surface area contributed by atoms with E-state index in [-0.39, 0.29) is 17.5 Å². The average Bonchev–Trinajstić information content (AvgIpc) is 2.81. The van der Waals surface area contributed by atoms with Crippen LogP contribution in [0, 0.1) is 5.41 Å². The first-order valence-corrected chi connectivity index (χ1v) is 8.11. The van der Waals surface area contributed by atoms with Gasteiger partial charge in [0, 0.05) is 17.9 Å². The summed E-state index contributed by atoms with van der Waals surface area (Å²) in [5, 5.41) is 8.95. The lowest BCUT2D eigenvalue weighted by molar-refractivity contribution is 0.218. The van der Waals surface area contributed by atoms with Gasteiger partial charge in [-0.2, -0.15) is 0 Å². The number of nitrogens with one attached hydrogen (secondary N) is 2. The fourth-order valence-corrected chi connectivity index (χ4v) is 3.79. The van der Waals surface area contributed by atoms with Crippen molar-refractivity contribution in [1.82, 2.24) is 9.71 Å². The van der Waals surface area contributed by atoms with Gasteiger partial charge in [-0.15, -0.1) is 0 Å². The average molecular weight is 286 g/mol. The van der Waals surface area contributed by atoms with Crippen molar-refractivity contribution in [3.05, 3.63) is 18.0 Å². The minimum absolute atomic E-state index is 0.0190. The standard InChI is InChI=1S/C13H22N2O3S/c1-13(2)5-3-10(4-6-13)15-19(17,18)12-7-11(9-16)14-8-12/h7-8,10,14-16H,3-6,9H2,1-2H3. The normalized spacial score (nSPS) is 20.6. The van der Waals surface area contributed by atoms with Gasteiger partial charge in [0.25, 0.3) is 0 Å². The highest BCUT2D eigenvalue weighted by atomic mass is 32.2. The Morgan fingerprint density at radius 2 is 2.05 bits per heavy atom. The topological polar surface area (TPSA) is 82.2 Å². The zero-order valence-corrected chi connectivity index (χ0v) is 12.3. The smallest absolute Gasteiger partial charge is 0.242 e. The molecular formula is C13H22N2O3S. The molecule has 1 aliphatic rings. The Balaban J connectivity index is 2.02. The molecule has 0 amide bonds. The van der Waals surface area contributed by atoms with E-state index in [1.807, 2.05) is 0 Å². The Morgan fingerprint density at radius 1 is 1.42 bits per heavy atom. The maximum Gasteiger partial charge on any atom is 0.242 e. The van der Waals surface area contributed by atoms with Crippen LogP contribution in [0.5, 0.6) is 0 Å². The Morgan fingerprint density at radius 3 is 2.58 bits per heavy atom. The van der Waals surface area contributed by atoms with Crippen LogP contribution in [0.25, 0.3) is 0 Å². The van der Waals surface area contributed by atoms with Crippen molar-refractivity contribution in [1.29, 1.82) is 0 Å². The van der Waals surface area contributed by atoms with Gasteiger partial charge in [0.1, 0.15) is 0 Å². The van der Waals surface area contributed by atoms with E-state index < -0.39 is 10.0 Å². The molecule has 19 heavy (non-hydrogen) atoms. The maximum absolute atomic E-state index is 12.2. The highest BCUT2D eigenvalue weighted by molar-refractivity contribution is 7.89. The lowest BCUT2D eigenvalue weighted by Gasteiger charge is -2.34. The van der Waals surface area contributed by atoms with Crippen molar-refractivity contribution in [2.75, 3.05) is 0 Å². The van der Waals surface area contributed by atoms with E-state index in [0.717, 1.165) is 25.7 Å². The molecule has 0 aliphatic heterocycles. The van der Waals surface area contributed by atoms with Gasteiger partial charge in [0.05, 0.1) is 11.5 Å². The summed E-state index contributed by atoms with van der Waals surface area (Å²) in [6.45, 7) is 4.25. The highest BCUT2D eigenvalue weighted by Gasteiger charge is 2.29. The van der Waals surface area contributed by atoms with E-state index in [1.165, 1.54) is 12.3 Å². The van der Waals surface area contributed by atoms with E-state index in [0.29, 0.717) is 11.1 Å². The number of aliphatic hydroxyl groups is 1. The quantitative estimate of drug-likeness (QED) is 0.788. The van der Waals surface area contributed by atoms with Crippen LogP contribution in [-0.4, -0.2) is 24.6 Å². The van der Waals surface area contributed by atoms with Crippen LogP contribution >= 0.6 is 0 Å². The first-order chi connectivity index (χ1) is 8.82. The van der Waals surface area contributed by atoms with E-state index in [4.69, 9.17) is 5.11 Å². The van der Waals surface area contributed by atoms with Gasteiger partial charge in [-0.05, 0) is 37.2 Å². The zero-order valence-electron chi connectivity index (χ0n) is 11.4. The molecule has 1 fully saturated rings. The Bertz CT molecular complexity index is 524. The summed E-state index contributed by atoms with van der Waals surface area (Å²) in [4.78, 5) is 2.94. The van der Waals surface area contributed by atoms with Crippen LogP contribution in [0.3, 0.4) is 0 Å². The third kappa shape index (κ3) is 3.58. The first-order valence-electron chi connectivity index (χ1n) is 6.63. The number of H-pyrrole nitrogens is 1. The molecule has 108 valence electrons. The molecule has 0 unspecified atom stereocenters. The Labute approximate surface area is 114 Å². The summed E-state index contributed by atoms with van der Waals surface area (Å²) in [5.74, 6) is 0. The number of hydrogen-bond donors (Lipinski definition) is 3. The predicted molar refractivity (Wildman–Crippen MR) is 73.1 cm³/mol. The van der Waals surface area contributed by atoms with E-state index in [1.54, 1.807) is 0 Å². The van der Waals surface area contributed by atoms with Gasteiger partial charge < -0.3 is 10.1 Å². The Kier molecular flexibility index (Phi) is 4.03. The highest BCUT2D eigenvalue weighted by Crippen LogP contribution is 2.35. The van der Waals surface area contributed by atoms with Crippen molar-refractivity contribution in [2.24, 2.45) is 5.41 Å². The largest absolute Gasteiger partial charge is 0.390 e. The number of aromatic amines is 1. The summed E-state index contributed by atoms with van der Waals surface area (Å²) >= 11 is 0. The molecule has 0 saturated heterocycles. The molecule has 0 spiro atoms. The van der Waals surface area contributed by atoms with Crippen LogP contribution in [0.15, 0.2) is 17.2 Å². The number of hydrogen-bond acceptors (Lipinski definition) is 3. The van der Waals surface area contributed by atoms with Crippen molar-refractivity contribution in [2.45, 2.75) is 57.1 Å². The third-order valence-electron chi connectivity index (χ3n) is 3.86.